The Bertz CT molecular complexity index is 873. The predicted molar refractivity (Wildman–Crippen MR) is 113 cm³/mol. The van der Waals surface area contributed by atoms with Crippen LogP contribution in [0.25, 0.3) is 0 Å². The lowest BCUT2D eigenvalue weighted by molar-refractivity contribution is -0.384. The first kappa shape index (κ1) is 20.9. The summed E-state index contributed by atoms with van der Waals surface area (Å²) in [6.07, 6.45) is 1.54. The number of benzene rings is 2. The van der Waals surface area contributed by atoms with Crippen LogP contribution in [0.1, 0.15) is 19.8 Å². The van der Waals surface area contributed by atoms with Gasteiger partial charge in [-0.25, -0.2) is 0 Å². The van der Waals surface area contributed by atoms with Crippen molar-refractivity contribution in [2.75, 3.05) is 18.4 Å². The summed E-state index contributed by atoms with van der Waals surface area (Å²) >= 11 is 1.36. The molecule has 1 fully saturated rings. The van der Waals surface area contributed by atoms with E-state index in [-0.39, 0.29) is 28.7 Å². The highest BCUT2D eigenvalue weighted by molar-refractivity contribution is 8.00. The summed E-state index contributed by atoms with van der Waals surface area (Å²) in [4.78, 5) is 38.3. The van der Waals surface area contributed by atoms with Gasteiger partial charge in [-0.15, -0.1) is 11.8 Å². The lowest BCUT2D eigenvalue weighted by Gasteiger charge is -2.33. The molecule has 7 nitrogen and oxygen atoms in total. The number of nitrogens with zero attached hydrogens (tertiary/aromatic N) is 2. The molecule has 3 rings (SSSR count). The number of nitrogens with one attached hydrogen (secondary N) is 1. The van der Waals surface area contributed by atoms with Gasteiger partial charge < -0.3 is 10.2 Å². The van der Waals surface area contributed by atoms with Crippen LogP contribution in [0.3, 0.4) is 0 Å². The molecular formula is C21H23N3O4S. The van der Waals surface area contributed by atoms with E-state index in [1.807, 2.05) is 37.3 Å². The Labute approximate surface area is 173 Å². The Morgan fingerprint density at radius 3 is 2.52 bits per heavy atom. The van der Waals surface area contributed by atoms with Gasteiger partial charge in [0, 0.05) is 35.8 Å². The van der Waals surface area contributed by atoms with Gasteiger partial charge in [0.15, 0.2) is 0 Å². The Morgan fingerprint density at radius 1 is 1.17 bits per heavy atom. The molecule has 1 heterocycles. The van der Waals surface area contributed by atoms with Crippen molar-refractivity contribution in [3.05, 3.63) is 64.7 Å². The number of hydrogen-bond acceptors (Lipinski definition) is 5. The topological polar surface area (TPSA) is 92.6 Å². The maximum absolute atomic E-state index is 12.9. The van der Waals surface area contributed by atoms with E-state index in [4.69, 9.17) is 0 Å². The van der Waals surface area contributed by atoms with E-state index in [1.54, 1.807) is 17.0 Å². The quantitative estimate of drug-likeness (QED) is 0.440. The number of non-ortho nitro benzene ring substituents is 1. The number of anilines is 1. The summed E-state index contributed by atoms with van der Waals surface area (Å²) in [7, 11) is 0. The molecule has 1 saturated heterocycles. The second-order valence-corrected chi connectivity index (χ2v) is 8.40. The maximum atomic E-state index is 12.9. The van der Waals surface area contributed by atoms with E-state index in [2.05, 4.69) is 5.32 Å². The third kappa shape index (κ3) is 5.57. The molecule has 0 radical (unpaired) electrons. The number of nitro groups is 1. The number of thioether (sulfide) groups is 1. The average Bonchev–Trinajstić information content (AvgIpc) is 2.74. The maximum Gasteiger partial charge on any atom is 0.269 e. The third-order valence-corrected chi connectivity index (χ3v) is 5.95. The van der Waals surface area contributed by atoms with E-state index in [9.17, 15) is 19.7 Å². The molecular weight excluding hydrogens is 390 g/mol. The molecule has 1 aliphatic heterocycles. The number of rotatable bonds is 6. The fraction of sp³-hybridized carbons (Fsp3) is 0.333. The Kier molecular flexibility index (Phi) is 6.87. The van der Waals surface area contributed by atoms with E-state index >= 15 is 0 Å². The molecule has 1 aliphatic rings. The predicted octanol–water partition coefficient (Wildman–Crippen LogP) is 3.95. The number of amides is 2. The van der Waals surface area contributed by atoms with Gasteiger partial charge in [-0.05, 0) is 44.0 Å². The normalized spacial score (nSPS) is 17.4. The number of para-hydroxylation sites is 1. The summed E-state index contributed by atoms with van der Waals surface area (Å²) in [5.41, 5.74) is 0.777. The molecule has 1 N–H and O–H groups in total. The van der Waals surface area contributed by atoms with Crippen LogP contribution >= 0.6 is 11.8 Å². The van der Waals surface area contributed by atoms with Crippen molar-refractivity contribution >= 4 is 35.0 Å². The molecule has 0 aromatic heterocycles. The first-order valence-electron chi connectivity index (χ1n) is 9.50. The first-order chi connectivity index (χ1) is 13.9. The zero-order chi connectivity index (χ0) is 20.8. The Hall–Kier alpha value is -2.87. The molecule has 2 aromatic carbocycles. The zero-order valence-electron chi connectivity index (χ0n) is 16.1. The van der Waals surface area contributed by atoms with Crippen LogP contribution in [-0.2, 0) is 9.59 Å². The van der Waals surface area contributed by atoms with E-state index in [0.717, 1.165) is 23.4 Å². The number of nitro benzene ring substituents is 1. The summed E-state index contributed by atoms with van der Waals surface area (Å²) in [5, 5.41) is 13.3. The SMILES string of the molecule is C[C@H](Sc1ccc([N+](=O)[O-])cc1)C(=O)N1CCC[C@@H](C(=O)Nc2ccccc2)C1. The second kappa shape index (κ2) is 9.56. The number of carbonyl (C=O) groups excluding carboxylic acids is 2. The highest BCUT2D eigenvalue weighted by Crippen LogP contribution is 2.28. The molecule has 2 aromatic rings. The molecule has 2 amide bonds. The molecule has 152 valence electrons. The van der Waals surface area contributed by atoms with Crippen LogP contribution in [0.15, 0.2) is 59.5 Å². The van der Waals surface area contributed by atoms with Crippen LogP contribution in [0, 0.1) is 16.0 Å². The summed E-state index contributed by atoms with van der Waals surface area (Å²) in [6, 6.07) is 15.5. The van der Waals surface area contributed by atoms with Crippen LogP contribution < -0.4 is 5.32 Å². The molecule has 0 aliphatic carbocycles. The second-order valence-electron chi connectivity index (χ2n) is 6.99. The van der Waals surface area contributed by atoms with Crippen LogP contribution in [-0.4, -0.2) is 40.0 Å². The lowest BCUT2D eigenvalue weighted by atomic mass is 9.96. The highest BCUT2D eigenvalue weighted by Gasteiger charge is 2.30. The van der Waals surface area contributed by atoms with E-state index in [0.29, 0.717) is 13.1 Å². The number of hydrogen-bond donors (Lipinski definition) is 1. The van der Waals surface area contributed by atoms with Crippen molar-refractivity contribution in [1.82, 2.24) is 4.90 Å². The molecule has 0 saturated carbocycles. The molecule has 29 heavy (non-hydrogen) atoms. The minimum Gasteiger partial charge on any atom is -0.341 e. The monoisotopic (exact) mass is 413 g/mol. The molecule has 0 unspecified atom stereocenters. The number of likely N-dealkylation sites (tertiary alicyclic amines) is 1. The third-order valence-electron chi connectivity index (χ3n) is 4.85. The van der Waals surface area contributed by atoms with Crippen molar-refractivity contribution in [2.45, 2.75) is 29.9 Å². The van der Waals surface area contributed by atoms with Gasteiger partial charge in [0.2, 0.25) is 11.8 Å². The van der Waals surface area contributed by atoms with Gasteiger partial charge in [-0.2, -0.15) is 0 Å². The van der Waals surface area contributed by atoms with Crippen molar-refractivity contribution < 1.29 is 14.5 Å². The van der Waals surface area contributed by atoms with Crippen LogP contribution in [0.2, 0.25) is 0 Å². The molecule has 0 bridgehead atoms. The summed E-state index contributed by atoms with van der Waals surface area (Å²) in [6.45, 7) is 2.86. The highest BCUT2D eigenvalue weighted by atomic mass is 32.2. The Balaban J connectivity index is 1.56. The number of piperidine rings is 1. The largest absolute Gasteiger partial charge is 0.341 e. The molecule has 8 heteroatoms. The van der Waals surface area contributed by atoms with Gasteiger partial charge in [-0.3, -0.25) is 19.7 Å². The summed E-state index contributed by atoms with van der Waals surface area (Å²) in [5.74, 6) is -0.320. The number of carbonyl (C=O) groups is 2. The van der Waals surface area contributed by atoms with E-state index < -0.39 is 4.92 Å². The van der Waals surface area contributed by atoms with Crippen LogP contribution in [0.4, 0.5) is 11.4 Å². The van der Waals surface area contributed by atoms with Gasteiger partial charge in [0.25, 0.3) is 5.69 Å². The molecule has 2 atom stereocenters. The van der Waals surface area contributed by atoms with E-state index in [1.165, 1.54) is 23.9 Å². The van der Waals surface area contributed by atoms with Crippen molar-refractivity contribution in [3.8, 4) is 0 Å². The minimum absolute atomic E-state index is 0.0226. The zero-order valence-corrected chi connectivity index (χ0v) is 16.9. The fourth-order valence-corrected chi connectivity index (χ4v) is 4.27. The summed E-state index contributed by atoms with van der Waals surface area (Å²) < 4.78 is 0. The minimum atomic E-state index is -0.447. The van der Waals surface area contributed by atoms with Gasteiger partial charge in [0.1, 0.15) is 0 Å². The lowest BCUT2D eigenvalue weighted by Crippen LogP contribution is -2.46. The van der Waals surface area contributed by atoms with Crippen molar-refractivity contribution in [3.63, 3.8) is 0 Å². The standard InChI is InChI=1S/C21H23N3O4S/c1-15(29-19-11-9-18(10-12-19)24(27)28)21(26)23-13-5-6-16(14-23)20(25)22-17-7-3-2-4-8-17/h2-4,7-12,15-16H,5-6,13-14H2,1H3,(H,22,25)/t15-,16+/m0/s1. The van der Waals surface area contributed by atoms with Gasteiger partial charge >= 0.3 is 0 Å². The smallest absolute Gasteiger partial charge is 0.269 e. The van der Waals surface area contributed by atoms with Crippen LogP contribution in [0.5, 0.6) is 0 Å². The fourth-order valence-electron chi connectivity index (χ4n) is 3.32. The van der Waals surface area contributed by atoms with Crippen molar-refractivity contribution in [1.29, 1.82) is 0 Å². The van der Waals surface area contributed by atoms with Gasteiger partial charge in [-0.1, -0.05) is 18.2 Å². The average molecular weight is 413 g/mol. The Morgan fingerprint density at radius 2 is 1.86 bits per heavy atom. The van der Waals surface area contributed by atoms with Gasteiger partial charge in [0.05, 0.1) is 16.1 Å². The first-order valence-corrected chi connectivity index (χ1v) is 10.4. The molecule has 0 spiro atoms. The van der Waals surface area contributed by atoms with Crippen molar-refractivity contribution in [2.24, 2.45) is 5.92 Å².